The van der Waals surface area contributed by atoms with Gasteiger partial charge in [-0.1, -0.05) is 36.4 Å². The van der Waals surface area contributed by atoms with Crippen LogP contribution in [0.1, 0.15) is 28.8 Å². The van der Waals surface area contributed by atoms with E-state index in [4.69, 9.17) is 9.47 Å². The highest BCUT2D eigenvalue weighted by Crippen LogP contribution is 2.15. The van der Waals surface area contributed by atoms with Crippen LogP contribution in [0, 0.1) is 0 Å². The number of carbonyl (C=O) groups is 1. The number of hydrogen-bond donors (Lipinski definition) is 2. The number of aliphatic hydroxyl groups is 1. The van der Waals surface area contributed by atoms with Crippen LogP contribution in [-0.2, 0) is 11.3 Å². The monoisotopic (exact) mass is 398 g/mol. The first-order valence-corrected chi connectivity index (χ1v) is 10.1. The Morgan fingerprint density at radius 2 is 1.93 bits per heavy atom. The van der Waals surface area contributed by atoms with Gasteiger partial charge in [0.25, 0.3) is 0 Å². The summed E-state index contributed by atoms with van der Waals surface area (Å²) < 4.78 is 10.3. The summed E-state index contributed by atoms with van der Waals surface area (Å²) in [6.07, 6.45) is 1.53. The minimum atomic E-state index is -0.612. The van der Waals surface area contributed by atoms with E-state index >= 15 is 0 Å². The van der Waals surface area contributed by atoms with Crippen molar-refractivity contribution < 1.29 is 19.4 Å². The lowest BCUT2D eigenvalue weighted by molar-refractivity contribution is 0.0600. The fourth-order valence-corrected chi connectivity index (χ4v) is 3.52. The van der Waals surface area contributed by atoms with E-state index < -0.39 is 12.1 Å². The quantitative estimate of drug-likeness (QED) is 0.633. The predicted molar refractivity (Wildman–Crippen MR) is 112 cm³/mol. The molecule has 3 rings (SSSR count). The van der Waals surface area contributed by atoms with Crippen molar-refractivity contribution >= 4 is 5.97 Å². The van der Waals surface area contributed by atoms with E-state index in [-0.39, 0.29) is 6.61 Å². The van der Waals surface area contributed by atoms with Crippen molar-refractivity contribution in [2.45, 2.75) is 31.5 Å². The van der Waals surface area contributed by atoms with E-state index in [1.54, 1.807) is 24.3 Å². The van der Waals surface area contributed by atoms with Crippen molar-refractivity contribution in [3.05, 3.63) is 65.7 Å². The Labute approximate surface area is 172 Å². The topological polar surface area (TPSA) is 71.0 Å². The summed E-state index contributed by atoms with van der Waals surface area (Å²) in [4.78, 5) is 14.0. The summed E-state index contributed by atoms with van der Waals surface area (Å²) in [6.45, 7) is 3.76. The van der Waals surface area contributed by atoms with Crippen molar-refractivity contribution in [3.63, 3.8) is 0 Å². The van der Waals surface area contributed by atoms with Crippen LogP contribution in [0.25, 0.3) is 0 Å². The highest BCUT2D eigenvalue weighted by molar-refractivity contribution is 5.89. The van der Waals surface area contributed by atoms with Gasteiger partial charge in [-0.2, -0.15) is 0 Å². The third-order valence-corrected chi connectivity index (χ3v) is 5.18. The Hall–Kier alpha value is -2.41. The number of likely N-dealkylation sites (tertiary alicyclic amines) is 1. The molecule has 1 saturated heterocycles. The normalized spacial score (nSPS) is 16.3. The number of rotatable bonds is 9. The zero-order valence-corrected chi connectivity index (χ0v) is 16.9. The lowest BCUT2D eigenvalue weighted by atomic mass is 10.0. The molecule has 6 nitrogen and oxygen atoms in total. The molecule has 0 aliphatic carbocycles. The van der Waals surface area contributed by atoms with Crippen molar-refractivity contribution in [2.24, 2.45) is 0 Å². The number of benzene rings is 2. The average Bonchev–Trinajstić information content (AvgIpc) is 2.77. The Balaban J connectivity index is 1.34. The average molecular weight is 399 g/mol. The van der Waals surface area contributed by atoms with Crippen molar-refractivity contribution in [1.82, 2.24) is 10.2 Å². The third kappa shape index (κ3) is 6.85. The van der Waals surface area contributed by atoms with Gasteiger partial charge in [-0.25, -0.2) is 4.79 Å². The predicted octanol–water partition coefficient (Wildman–Crippen LogP) is 2.47. The Bertz CT molecular complexity index is 760. The van der Waals surface area contributed by atoms with Gasteiger partial charge in [0, 0.05) is 19.1 Å². The number of methoxy groups -OCH3 is 1. The highest BCUT2D eigenvalue weighted by atomic mass is 16.5. The zero-order chi connectivity index (χ0) is 20.5. The van der Waals surface area contributed by atoms with Crippen LogP contribution < -0.4 is 10.1 Å². The van der Waals surface area contributed by atoms with Gasteiger partial charge < -0.3 is 19.9 Å². The van der Waals surface area contributed by atoms with Crippen LogP contribution in [0.2, 0.25) is 0 Å². The van der Waals surface area contributed by atoms with E-state index in [0.29, 0.717) is 23.9 Å². The lowest BCUT2D eigenvalue weighted by Gasteiger charge is -2.33. The Morgan fingerprint density at radius 3 is 2.66 bits per heavy atom. The van der Waals surface area contributed by atoms with Crippen LogP contribution in [0.4, 0.5) is 0 Å². The smallest absolute Gasteiger partial charge is 0.337 e. The van der Waals surface area contributed by atoms with Crippen LogP contribution in [0.3, 0.4) is 0 Å². The second kappa shape index (κ2) is 11.0. The molecule has 0 saturated carbocycles. The molecule has 0 aromatic heterocycles. The SMILES string of the molecule is COC(=O)c1cccc(OC[C@H](O)CNC2CCN(Cc3ccccc3)CC2)c1. The largest absolute Gasteiger partial charge is 0.491 e. The molecule has 1 atom stereocenters. The fraction of sp³-hybridized carbons (Fsp3) is 0.435. The molecule has 1 fully saturated rings. The Morgan fingerprint density at radius 1 is 1.17 bits per heavy atom. The third-order valence-electron chi connectivity index (χ3n) is 5.18. The lowest BCUT2D eigenvalue weighted by Crippen LogP contribution is -2.45. The van der Waals surface area contributed by atoms with Gasteiger partial charge in [0.2, 0.25) is 0 Å². The van der Waals surface area contributed by atoms with Crippen molar-refractivity contribution in [2.75, 3.05) is 33.4 Å². The van der Waals surface area contributed by atoms with Crippen LogP contribution in [0.5, 0.6) is 5.75 Å². The number of carbonyl (C=O) groups excluding carboxylic acids is 1. The maximum atomic E-state index is 11.6. The molecular formula is C23H30N2O4. The molecule has 2 N–H and O–H groups in total. The molecule has 0 unspecified atom stereocenters. The maximum Gasteiger partial charge on any atom is 0.337 e. The number of nitrogens with zero attached hydrogens (tertiary/aromatic N) is 1. The molecule has 1 aliphatic rings. The van der Waals surface area contributed by atoms with Crippen molar-refractivity contribution in [1.29, 1.82) is 0 Å². The molecule has 0 radical (unpaired) electrons. The minimum Gasteiger partial charge on any atom is -0.491 e. The van der Waals surface area contributed by atoms with E-state index in [1.165, 1.54) is 12.7 Å². The van der Waals surface area contributed by atoms with E-state index in [1.807, 2.05) is 6.07 Å². The number of ether oxygens (including phenoxy) is 2. The van der Waals surface area contributed by atoms with Crippen LogP contribution in [-0.4, -0.2) is 61.5 Å². The molecule has 1 aliphatic heterocycles. The summed E-state index contributed by atoms with van der Waals surface area (Å²) in [5.74, 6) is 0.137. The van der Waals surface area contributed by atoms with Crippen LogP contribution in [0.15, 0.2) is 54.6 Å². The first-order valence-electron chi connectivity index (χ1n) is 10.1. The molecule has 0 bridgehead atoms. The summed E-state index contributed by atoms with van der Waals surface area (Å²) in [7, 11) is 1.34. The van der Waals surface area contributed by atoms with Gasteiger partial charge in [0.1, 0.15) is 18.5 Å². The molecule has 6 heteroatoms. The molecule has 156 valence electrons. The second-order valence-electron chi connectivity index (χ2n) is 7.43. The summed E-state index contributed by atoms with van der Waals surface area (Å²) >= 11 is 0. The minimum absolute atomic E-state index is 0.171. The van der Waals surface area contributed by atoms with E-state index in [9.17, 15) is 9.90 Å². The first-order chi connectivity index (χ1) is 14.1. The maximum absolute atomic E-state index is 11.6. The molecule has 0 amide bonds. The van der Waals surface area contributed by atoms with Crippen LogP contribution >= 0.6 is 0 Å². The number of nitrogens with one attached hydrogen (secondary N) is 1. The van der Waals surface area contributed by atoms with Gasteiger partial charge in [0.15, 0.2) is 0 Å². The van der Waals surface area contributed by atoms with E-state index in [0.717, 1.165) is 32.5 Å². The van der Waals surface area contributed by atoms with Gasteiger partial charge in [0.05, 0.1) is 12.7 Å². The number of piperidine rings is 1. The Kier molecular flexibility index (Phi) is 8.04. The van der Waals surface area contributed by atoms with E-state index in [2.05, 4.69) is 34.5 Å². The standard InChI is InChI=1S/C23H30N2O4/c1-28-23(27)19-8-5-9-22(14-19)29-17-21(26)15-24-20-10-12-25(13-11-20)16-18-6-3-2-4-7-18/h2-9,14,20-21,24,26H,10-13,15-17H2,1H3/t21-/m1/s1. The molecular weight excluding hydrogens is 368 g/mol. The summed E-state index contributed by atoms with van der Waals surface area (Å²) in [6, 6.07) is 17.7. The first kappa shape index (κ1) is 21.3. The van der Waals surface area contributed by atoms with Gasteiger partial charge in [-0.3, -0.25) is 4.90 Å². The molecule has 1 heterocycles. The van der Waals surface area contributed by atoms with Gasteiger partial charge >= 0.3 is 5.97 Å². The number of esters is 1. The van der Waals surface area contributed by atoms with Crippen molar-refractivity contribution in [3.8, 4) is 5.75 Å². The van der Waals surface area contributed by atoms with Gasteiger partial charge in [-0.05, 0) is 49.7 Å². The summed E-state index contributed by atoms with van der Waals surface area (Å²) in [5, 5.41) is 13.7. The molecule has 0 spiro atoms. The highest BCUT2D eigenvalue weighted by Gasteiger charge is 2.19. The summed E-state index contributed by atoms with van der Waals surface area (Å²) in [5.41, 5.74) is 1.78. The molecule has 29 heavy (non-hydrogen) atoms. The fourth-order valence-electron chi connectivity index (χ4n) is 3.52. The molecule has 2 aromatic carbocycles. The molecule has 2 aromatic rings. The zero-order valence-electron chi connectivity index (χ0n) is 16.9. The second-order valence-corrected chi connectivity index (χ2v) is 7.43. The number of hydrogen-bond acceptors (Lipinski definition) is 6. The van der Waals surface area contributed by atoms with Gasteiger partial charge in [-0.15, -0.1) is 0 Å². The number of aliphatic hydroxyl groups excluding tert-OH is 1.